The molecule has 15 heteroatoms. The van der Waals surface area contributed by atoms with E-state index in [1.807, 2.05) is 0 Å². The third-order valence-electron chi connectivity index (χ3n) is 4.08. The summed E-state index contributed by atoms with van der Waals surface area (Å²) in [6.07, 6.45) is -3.46. The molecule has 0 unspecified atom stereocenters. The van der Waals surface area contributed by atoms with E-state index >= 15 is 0 Å². The quantitative estimate of drug-likeness (QED) is 0.190. The van der Waals surface area contributed by atoms with Crippen LogP contribution in [0, 0.1) is 11.3 Å². The summed E-state index contributed by atoms with van der Waals surface area (Å²) in [5.74, 6) is -1.90. The van der Waals surface area contributed by atoms with E-state index in [0.717, 1.165) is 0 Å². The third-order valence-corrected chi connectivity index (χ3v) is 4.08. The van der Waals surface area contributed by atoms with Gasteiger partial charge in [0.2, 0.25) is 0 Å². The van der Waals surface area contributed by atoms with Gasteiger partial charge in [0.1, 0.15) is 34.3 Å². The second-order valence-corrected chi connectivity index (χ2v) is 11.6. The molecule has 1 amide bonds. The molecule has 0 aromatic carbocycles. The maximum atomic E-state index is 12.6. The summed E-state index contributed by atoms with van der Waals surface area (Å²) in [6.45, 7) is 15.3. The van der Waals surface area contributed by atoms with Crippen LogP contribution in [-0.2, 0) is 30.3 Å². The second kappa shape index (κ2) is 18.4. The fourth-order valence-electron chi connectivity index (χ4n) is 2.60. The van der Waals surface area contributed by atoms with Gasteiger partial charge >= 0.3 is 18.0 Å². The maximum absolute atomic E-state index is 12.6. The molecule has 44 heavy (non-hydrogen) atoms. The Kier molecular flexibility index (Phi) is 17.5. The Labute approximate surface area is 254 Å². The molecule has 2 aromatic rings. The van der Waals surface area contributed by atoms with Gasteiger partial charge in [0.05, 0.1) is 5.56 Å². The number of alkyl halides is 4. The minimum absolute atomic E-state index is 0. The van der Waals surface area contributed by atoms with E-state index in [1.165, 1.54) is 36.7 Å². The van der Waals surface area contributed by atoms with E-state index < -0.39 is 53.4 Å². The normalized spacial score (nSPS) is 11.0. The monoisotopic (exact) mass is 632 g/mol. The van der Waals surface area contributed by atoms with E-state index in [0.29, 0.717) is 0 Å². The third kappa shape index (κ3) is 19.0. The van der Waals surface area contributed by atoms with Crippen molar-refractivity contribution < 1.29 is 51.6 Å². The number of ether oxygens (including phenoxy) is 3. The number of hydrogen-bond acceptors (Lipinski definition) is 9. The molecule has 0 atom stereocenters. The zero-order valence-electron chi connectivity index (χ0n) is 26.1. The molecule has 0 saturated carbocycles. The Hall–Kier alpha value is -4.32. The Morgan fingerprint density at radius 3 is 1.55 bits per heavy atom. The molecule has 2 aromatic heterocycles. The highest BCUT2D eigenvalue weighted by molar-refractivity contribution is 6.29. The molecule has 3 N–H and O–H groups in total. The van der Waals surface area contributed by atoms with Crippen LogP contribution in [0.3, 0.4) is 0 Å². The number of aromatic nitrogens is 2. The Morgan fingerprint density at radius 2 is 1.18 bits per heavy atom. The van der Waals surface area contributed by atoms with Gasteiger partial charge in [-0.15, -0.1) is 0 Å². The molecule has 0 aliphatic heterocycles. The van der Waals surface area contributed by atoms with Crippen molar-refractivity contribution in [3.05, 3.63) is 59.2 Å². The fourth-order valence-corrected chi connectivity index (χ4v) is 2.60. The highest BCUT2D eigenvalue weighted by Gasteiger charge is 2.28. The van der Waals surface area contributed by atoms with Crippen molar-refractivity contribution in [1.82, 2.24) is 15.3 Å². The Balaban J connectivity index is 0. The smallest absolute Gasteiger partial charge is 0.418 e. The molecule has 2 rings (SSSR count). The van der Waals surface area contributed by atoms with Crippen LogP contribution in [0.1, 0.15) is 97.7 Å². The fraction of sp³-hybridized carbons (Fsp3) is 0.517. The van der Waals surface area contributed by atoms with Gasteiger partial charge in [-0.1, -0.05) is 6.07 Å². The highest BCUT2D eigenvalue weighted by Crippen LogP contribution is 2.20. The van der Waals surface area contributed by atoms with Gasteiger partial charge in [-0.2, -0.15) is 5.26 Å². The van der Waals surface area contributed by atoms with Crippen LogP contribution in [0.5, 0.6) is 0 Å². The van der Waals surface area contributed by atoms with E-state index in [1.54, 1.807) is 68.4 Å². The van der Waals surface area contributed by atoms with Crippen LogP contribution >= 0.6 is 0 Å². The first-order valence-electron chi connectivity index (χ1n) is 12.8. The lowest BCUT2D eigenvalue weighted by molar-refractivity contribution is -0.180. The van der Waals surface area contributed by atoms with Gasteiger partial charge < -0.3 is 25.0 Å². The van der Waals surface area contributed by atoms with Crippen LogP contribution in [-0.4, -0.2) is 50.3 Å². The maximum Gasteiger partial charge on any atom is 0.418 e. The van der Waals surface area contributed by atoms with Crippen molar-refractivity contribution in [1.29, 1.82) is 5.26 Å². The number of pyridine rings is 2. The molecule has 0 spiro atoms. The number of esters is 2. The Bertz CT molecular complexity index is 1220. The summed E-state index contributed by atoms with van der Waals surface area (Å²) >= 11 is 0. The first kappa shape index (κ1) is 41.8. The van der Waals surface area contributed by atoms with Crippen molar-refractivity contribution in [3.63, 3.8) is 0 Å². The van der Waals surface area contributed by atoms with Gasteiger partial charge in [0.25, 0.3) is 12.9 Å². The Morgan fingerprint density at radius 1 is 0.773 bits per heavy atom. The van der Waals surface area contributed by atoms with Crippen LogP contribution in [0.25, 0.3) is 0 Å². The van der Waals surface area contributed by atoms with Crippen molar-refractivity contribution in [2.75, 3.05) is 0 Å². The summed E-state index contributed by atoms with van der Waals surface area (Å²) in [5, 5.41) is 10.8. The van der Waals surface area contributed by atoms with E-state index in [4.69, 9.17) is 19.5 Å². The number of alkyl carbamates (subject to hydrolysis) is 1. The van der Waals surface area contributed by atoms with E-state index in [2.05, 4.69) is 15.3 Å². The predicted molar refractivity (Wildman–Crippen MR) is 151 cm³/mol. The zero-order valence-corrected chi connectivity index (χ0v) is 26.1. The molecule has 246 valence electrons. The van der Waals surface area contributed by atoms with Gasteiger partial charge in [-0.05, 0) is 86.1 Å². The number of amides is 1. The summed E-state index contributed by atoms with van der Waals surface area (Å²) in [7, 11) is 0. The minimum Gasteiger partial charge on any atom is -0.452 e. The van der Waals surface area contributed by atoms with Crippen LogP contribution in [0.15, 0.2) is 36.7 Å². The molecule has 0 radical (unpaired) electrons. The van der Waals surface area contributed by atoms with E-state index in [9.17, 15) is 31.9 Å². The molecule has 0 aliphatic carbocycles. The van der Waals surface area contributed by atoms with Crippen molar-refractivity contribution in [3.8, 4) is 6.07 Å². The molecule has 0 aliphatic rings. The molecular formula is C29H40F4N4O7. The van der Waals surface area contributed by atoms with Crippen molar-refractivity contribution in [2.24, 2.45) is 0 Å². The summed E-state index contributed by atoms with van der Waals surface area (Å²) in [6, 6.07) is 7.43. The predicted octanol–water partition coefficient (Wildman–Crippen LogP) is 5.78. The average molecular weight is 633 g/mol. The summed E-state index contributed by atoms with van der Waals surface area (Å²) < 4.78 is 63.9. The molecule has 0 fully saturated rings. The average Bonchev–Trinajstić information content (AvgIpc) is 2.85. The number of halogens is 4. The topological polar surface area (TPSA) is 172 Å². The molecule has 11 nitrogen and oxygen atoms in total. The van der Waals surface area contributed by atoms with Gasteiger partial charge in [0.15, 0.2) is 0 Å². The standard InChI is InChI=1S/C12H16F2N2O2.C10H18O4.C7H4F2N2.H2O/c1-12(2,3)18-11(17)16-7-8-5-4-6-15-9(8)10(13)14;1-9(2,3)13-7(11)8(12)14-10(4,5)6;8-7(9)6-5(4-10)2-1-3-11-6;/h4-6,10H,7H2,1-3H3,(H,16,17);1-6H3;1-3,7H;1H2. The van der Waals surface area contributed by atoms with Crippen molar-refractivity contribution in [2.45, 2.75) is 98.5 Å². The SMILES string of the molecule is CC(C)(C)OC(=O)C(=O)OC(C)(C)C.CC(C)(C)OC(=O)NCc1cccnc1C(F)F.N#Cc1cccnc1C(F)F.O. The van der Waals surface area contributed by atoms with Crippen LogP contribution in [0.2, 0.25) is 0 Å². The number of rotatable bonds is 4. The molecule has 0 saturated heterocycles. The van der Waals surface area contributed by atoms with E-state index in [-0.39, 0.29) is 28.8 Å². The lowest BCUT2D eigenvalue weighted by Gasteiger charge is -2.22. The van der Waals surface area contributed by atoms with Crippen LogP contribution < -0.4 is 5.32 Å². The summed E-state index contributed by atoms with van der Waals surface area (Å²) in [5.41, 5.74) is -2.53. The van der Waals surface area contributed by atoms with Gasteiger partial charge in [0, 0.05) is 18.9 Å². The molecule has 2 heterocycles. The van der Waals surface area contributed by atoms with Crippen LogP contribution in [0.4, 0.5) is 22.4 Å². The van der Waals surface area contributed by atoms with Gasteiger partial charge in [-0.25, -0.2) is 31.9 Å². The minimum atomic E-state index is -2.68. The number of nitrogens with one attached hydrogen (secondary N) is 1. The van der Waals surface area contributed by atoms with Crippen molar-refractivity contribution >= 4 is 18.0 Å². The zero-order chi connectivity index (χ0) is 33.6. The molecule has 0 bridgehead atoms. The lowest BCUT2D eigenvalue weighted by atomic mass is 10.2. The molecular weight excluding hydrogens is 592 g/mol. The number of nitriles is 1. The summed E-state index contributed by atoms with van der Waals surface area (Å²) in [4.78, 5) is 40.6. The first-order chi connectivity index (χ1) is 19.6. The lowest BCUT2D eigenvalue weighted by Crippen LogP contribution is -2.34. The number of carbonyl (C=O) groups is 3. The largest absolute Gasteiger partial charge is 0.452 e. The van der Waals surface area contributed by atoms with Gasteiger partial charge in [-0.3, -0.25) is 9.97 Å². The number of hydrogen-bond donors (Lipinski definition) is 1. The highest BCUT2D eigenvalue weighted by atomic mass is 19.3. The number of carbonyl (C=O) groups excluding carboxylic acids is 3. The second-order valence-electron chi connectivity index (χ2n) is 11.6. The first-order valence-corrected chi connectivity index (χ1v) is 12.8. The number of nitrogens with zero attached hydrogens (tertiary/aromatic N) is 3.